The van der Waals surface area contributed by atoms with E-state index in [0.717, 1.165) is 43.4 Å². The molecule has 34 heavy (non-hydrogen) atoms. The molecule has 5 heteroatoms. The van der Waals surface area contributed by atoms with Crippen LogP contribution in [0.25, 0.3) is 10.9 Å². The first kappa shape index (κ1) is 22.4. The van der Waals surface area contributed by atoms with Crippen LogP contribution in [-0.4, -0.2) is 34.7 Å². The Morgan fingerprint density at radius 1 is 1.03 bits per heavy atom. The van der Waals surface area contributed by atoms with E-state index in [1.54, 1.807) is 24.3 Å². The number of carbonyl (C=O) groups excluding carboxylic acids is 2. The zero-order chi connectivity index (χ0) is 23.5. The predicted molar refractivity (Wildman–Crippen MR) is 133 cm³/mol. The number of Topliss-reactive ketones (excluding diaryl/α,β-unsaturated/α-hetero) is 1. The van der Waals surface area contributed by atoms with Crippen LogP contribution in [0.3, 0.4) is 0 Å². The molecule has 5 nitrogen and oxygen atoms in total. The molecule has 5 rings (SSSR count). The van der Waals surface area contributed by atoms with Crippen molar-refractivity contribution in [3.05, 3.63) is 70.9 Å². The Hall–Kier alpha value is -3.39. The van der Waals surface area contributed by atoms with E-state index < -0.39 is 0 Å². The molecule has 2 aromatic carbocycles. The summed E-state index contributed by atoms with van der Waals surface area (Å²) in [5, 5.41) is 10.3. The van der Waals surface area contributed by atoms with Gasteiger partial charge in [0.05, 0.1) is 11.6 Å². The summed E-state index contributed by atoms with van der Waals surface area (Å²) in [4.78, 5) is 31.0. The van der Waals surface area contributed by atoms with Crippen molar-refractivity contribution in [1.82, 2.24) is 9.88 Å². The van der Waals surface area contributed by atoms with Gasteiger partial charge in [-0.15, -0.1) is 0 Å². The van der Waals surface area contributed by atoms with Gasteiger partial charge in [0, 0.05) is 48.6 Å². The molecule has 1 N–H and O–H groups in total. The first-order valence-corrected chi connectivity index (χ1v) is 12.5. The molecule has 2 fully saturated rings. The largest absolute Gasteiger partial charge is 0.361 e. The Morgan fingerprint density at radius 2 is 1.82 bits per heavy atom. The number of fused-ring (bicyclic) bond motifs is 1. The smallest absolute Gasteiger partial charge is 0.222 e. The minimum absolute atomic E-state index is 0.0163. The van der Waals surface area contributed by atoms with Gasteiger partial charge >= 0.3 is 0 Å². The molecular weight excluding hydrogens is 422 g/mol. The molecular formula is C29H31N3O2. The second-order valence-electron chi connectivity index (χ2n) is 9.93. The molecule has 1 aliphatic carbocycles. The fourth-order valence-electron chi connectivity index (χ4n) is 5.72. The van der Waals surface area contributed by atoms with Gasteiger partial charge in [-0.3, -0.25) is 9.59 Å². The van der Waals surface area contributed by atoms with Crippen LogP contribution in [0.2, 0.25) is 0 Å². The second-order valence-corrected chi connectivity index (χ2v) is 9.93. The number of amides is 1. The normalized spacial score (nSPS) is 17.2. The van der Waals surface area contributed by atoms with Crippen LogP contribution in [0, 0.1) is 17.2 Å². The SMILES string of the molecule is N#Cc1cccc(C(=O)Cc2ccc3[nH]cc(C4CCN(C(=O)CC5CCCC5)CC4)c3c2)c1. The fourth-order valence-corrected chi connectivity index (χ4v) is 5.72. The minimum atomic E-state index is 0.0163. The minimum Gasteiger partial charge on any atom is -0.361 e. The molecule has 1 aliphatic heterocycles. The fraction of sp³-hybridized carbons (Fsp3) is 0.414. The molecule has 174 valence electrons. The molecule has 1 aromatic heterocycles. The van der Waals surface area contributed by atoms with Crippen molar-refractivity contribution in [3.63, 3.8) is 0 Å². The highest BCUT2D eigenvalue weighted by Gasteiger charge is 2.27. The Bertz CT molecular complexity index is 1240. The molecule has 0 spiro atoms. The Kier molecular flexibility index (Phi) is 6.49. The maximum Gasteiger partial charge on any atom is 0.222 e. The number of likely N-dealkylation sites (tertiary alicyclic amines) is 1. The van der Waals surface area contributed by atoms with Gasteiger partial charge < -0.3 is 9.88 Å². The molecule has 0 atom stereocenters. The van der Waals surface area contributed by atoms with Gasteiger partial charge in [-0.2, -0.15) is 5.26 Å². The van der Waals surface area contributed by atoms with Crippen molar-refractivity contribution in [3.8, 4) is 6.07 Å². The van der Waals surface area contributed by atoms with Crippen LogP contribution in [-0.2, 0) is 11.2 Å². The number of hydrogen-bond acceptors (Lipinski definition) is 3. The van der Waals surface area contributed by atoms with Crippen molar-refractivity contribution >= 4 is 22.6 Å². The lowest BCUT2D eigenvalue weighted by Crippen LogP contribution is -2.38. The average Bonchev–Trinajstić information content (AvgIpc) is 3.54. The number of ketones is 1. The molecule has 0 radical (unpaired) electrons. The van der Waals surface area contributed by atoms with Gasteiger partial charge in [0.25, 0.3) is 0 Å². The number of nitrogens with zero attached hydrogens (tertiary/aromatic N) is 2. The summed E-state index contributed by atoms with van der Waals surface area (Å²) in [6.45, 7) is 1.66. The molecule has 3 aromatic rings. The average molecular weight is 454 g/mol. The summed E-state index contributed by atoms with van der Waals surface area (Å²) >= 11 is 0. The Labute approximate surface area is 200 Å². The van der Waals surface area contributed by atoms with E-state index in [9.17, 15) is 9.59 Å². The number of benzene rings is 2. The second kappa shape index (κ2) is 9.85. The van der Waals surface area contributed by atoms with Crippen LogP contribution < -0.4 is 0 Å². The van der Waals surface area contributed by atoms with E-state index in [4.69, 9.17) is 5.26 Å². The third-order valence-electron chi connectivity index (χ3n) is 7.68. The summed E-state index contributed by atoms with van der Waals surface area (Å²) in [5.74, 6) is 1.37. The Morgan fingerprint density at radius 3 is 2.59 bits per heavy atom. The number of aromatic nitrogens is 1. The zero-order valence-electron chi connectivity index (χ0n) is 19.6. The van der Waals surface area contributed by atoms with Crippen molar-refractivity contribution in [2.24, 2.45) is 5.92 Å². The van der Waals surface area contributed by atoms with E-state index >= 15 is 0 Å². The number of H-pyrrole nitrogens is 1. The quantitative estimate of drug-likeness (QED) is 0.483. The van der Waals surface area contributed by atoms with Crippen LogP contribution in [0.15, 0.2) is 48.7 Å². The summed E-state index contributed by atoms with van der Waals surface area (Å²) in [5.41, 5.74) is 4.42. The number of aromatic amines is 1. The Balaban J connectivity index is 1.26. The highest BCUT2D eigenvalue weighted by atomic mass is 16.2. The molecule has 1 amide bonds. The highest BCUT2D eigenvalue weighted by molar-refractivity contribution is 5.98. The van der Waals surface area contributed by atoms with Gasteiger partial charge in [0.1, 0.15) is 0 Å². The van der Waals surface area contributed by atoms with Crippen molar-refractivity contribution in [2.75, 3.05) is 13.1 Å². The van der Waals surface area contributed by atoms with E-state index in [1.807, 2.05) is 12.1 Å². The maximum absolute atomic E-state index is 12.8. The lowest BCUT2D eigenvalue weighted by molar-refractivity contribution is -0.133. The number of nitriles is 1. The van der Waals surface area contributed by atoms with Crippen LogP contribution in [0.4, 0.5) is 0 Å². The predicted octanol–water partition coefficient (Wildman–Crippen LogP) is 5.75. The summed E-state index contributed by atoms with van der Waals surface area (Å²) in [6, 6.07) is 15.2. The molecule has 0 unspecified atom stereocenters. The third kappa shape index (κ3) is 4.77. The zero-order valence-corrected chi connectivity index (χ0v) is 19.6. The van der Waals surface area contributed by atoms with Crippen molar-refractivity contribution in [2.45, 2.75) is 57.3 Å². The number of nitrogens with one attached hydrogen (secondary N) is 1. The summed E-state index contributed by atoms with van der Waals surface area (Å²) < 4.78 is 0. The lowest BCUT2D eigenvalue weighted by atomic mass is 9.88. The van der Waals surface area contributed by atoms with Crippen LogP contribution in [0.5, 0.6) is 0 Å². The molecule has 2 aliphatic rings. The number of piperidine rings is 1. The first-order valence-electron chi connectivity index (χ1n) is 12.5. The summed E-state index contributed by atoms with van der Waals surface area (Å²) in [6.07, 6.45) is 10.1. The van der Waals surface area contributed by atoms with Crippen molar-refractivity contribution < 1.29 is 9.59 Å². The summed E-state index contributed by atoms with van der Waals surface area (Å²) in [7, 11) is 0. The highest BCUT2D eigenvalue weighted by Crippen LogP contribution is 2.35. The molecule has 2 heterocycles. The molecule has 1 saturated heterocycles. The number of rotatable bonds is 6. The third-order valence-corrected chi connectivity index (χ3v) is 7.68. The monoisotopic (exact) mass is 453 g/mol. The van der Waals surface area contributed by atoms with Gasteiger partial charge in [0.2, 0.25) is 5.91 Å². The number of carbonyl (C=O) groups is 2. The van der Waals surface area contributed by atoms with Crippen LogP contribution >= 0.6 is 0 Å². The van der Waals surface area contributed by atoms with E-state index in [1.165, 1.54) is 36.6 Å². The van der Waals surface area contributed by atoms with Crippen molar-refractivity contribution in [1.29, 1.82) is 5.26 Å². The topological polar surface area (TPSA) is 77.0 Å². The van der Waals surface area contributed by atoms with E-state index in [-0.39, 0.29) is 5.78 Å². The van der Waals surface area contributed by atoms with Crippen LogP contribution in [0.1, 0.15) is 77.9 Å². The van der Waals surface area contributed by atoms with E-state index in [0.29, 0.717) is 35.3 Å². The van der Waals surface area contributed by atoms with Gasteiger partial charge in [-0.1, -0.05) is 31.0 Å². The van der Waals surface area contributed by atoms with Gasteiger partial charge in [0.15, 0.2) is 5.78 Å². The first-order chi connectivity index (χ1) is 16.6. The lowest BCUT2D eigenvalue weighted by Gasteiger charge is -2.32. The van der Waals surface area contributed by atoms with E-state index in [2.05, 4.69) is 28.2 Å². The van der Waals surface area contributed by atoms with Gasteiger partial charge in [-0.25, -0.2) is 0 Å². The van der Waals surface area contributed by atoms with Gasteiger partial charge in [-0.05, 0) is 72.9 Å². The standard InChI is InChI=1S/C29H31N3O2/c30-18-22-6-3-7-24(14-22)28(33)16-21-8-9-27-25(15-21)26(19-31-27)23-10-12-32(13-11-23)29(34)17-20-4-1-2-5-20/h3,6-9,14-15,19-20,23,31H,1-2,4-5,10-13,16-17H2. The maximum atomic E-state index is 12.8. The molecule has 1 saturated carbocycles. The number of hydrogen-bond donors (Lipinski definition) is 1. The molecule has 0 bridgehead atoms.